The van der Waals surface area contributed by atoms with E-state index in [0.717, 1.165) is 29.0 Å². The molecule has 0 amide bonds. The smallest absolute Gasteiger partial charge is 0.231 e. The van der Waals surface area contributed by atoms with E-state index in [-0.39, 0.29) is 12.8 Å². The summed E-state index contributed by atoms with van der Waals surface area (Å²) in [7, 11) is 0. The molecule has 3 aromatic rings. The van der Waals surface area contributed by atoms with E-state index in [0.29, 0.717) is 18.9 Å². The minimum Gasteiger partial charge on any atom is -0.489 e. The number of fused-ring (bicyclic) bond motifs is 1. The van der Waals surface area contributed by atoms with Crippen LogP contribution in [0.15, 0.2) is 72.8 Å². The topological polar surface area (TPSA) is 60.0 Å². The summed E-state index contributed by atoms with van der Waals surface area (Å²) in [4.78, 5) is 0. The molecule has 0 fully saturated rings. The number of para-hydroxylation sites is 1. The van der Waals surface area contributed by atoms with Crippen LogP contribution in [0.25, 0.3) is 0 Å². The lowest BCUT2D eigenvalue weighted by molar-refractivity contribution is 0.163. The molecule has 0 aromatic heterocycles. The van der Waals surface area contributed by atoms with Gasteiger partial charge in [-0.05, 0) is 42.7 Å². The van der Waals surface area contributed by atoms with Crippen LogP contribution in [-0.2, 0) is 13.0 Å². The second kappa shape index (κ2) is 9.65. The quantitative estimate of drug-likeness (QED) is 0.557. The number of benzene rings is 3. The van der Waals surface area contributed by atoms with Crippen molar-refractivity contribution in [2.45, 2.75) is 32.1 Å². The number of hydrogen-bond donors (Lipinski definition) is 2. The molecule has 5 nitrogen and oxygen atoms in total. The molecule has 156 valence electrons. The average Bonchev–Trinajstić information content (AvgIpc) is 3.25. The summed E-state index contributed by atoms with van der Waals surface area (Å²) in [5.74, 6) is 2.30. The van der Waals surface area contributed by atoms with Crippen molar-refractivity contribution < 1.29 is 19.3 Å². The molecule has 30 heavy (non-hydrogen) atoms. The molecular formula is C25H27NO4. The van der Waals surface area contributed by atoms with Crippen LogP contribution in [0.4, 0.5) is 0 Å². The number of aliphatic hydroxyl groups is 1. The maximum atomic E-state index is 10.8. The fourth-order valence-electron chi connectivity index (χ4n) is 3.54. The summed E-state index contributed by atoms with van der Waals surface area (Å²) in [5.41, 5.74) is 3.05. The molecule has 0 bridgehead atoms. The van der Waals surface area contributed by atoms with E-state index in [2.05, 4.69) is 18.3 Å². The Hall–Kier alpha value is -3.02. The lowest BCUT2D eigenvalue weighted by Crippen LogP contribution is -2.32. The van der Waals surface area contributed by atoms with Crippen molar-refractivity contribution in [1.29, 1.82) is 0 Å². The van der Waals surface area contributed by atoms with E-state index in [9.17, 15) is 5.11 Å². The van der Waals surface area contributed by atoms with E-state index in [1.807, 2.05) is 66.7 Å². The Morgan fingerprint density at radius 1 is 0.933 bits per heavy atom. The third kappa shape index (κ3) is 5.12. The standard InChI is InChI=1S/C25H27NO4/c1-18(13-20-11-12-24-25(14-20)30-17-29-24)26-15-22(27)21-9-5-6-10-23(21)28-16-19-7-3-2-4-8-19/h2-12,14,18,22,26-27H,13,15-17H2,1H3. The Bertz CT molecular complexity index is 960. The van der Waals surface area contributed by atoms with E-state index in [1.165, 1.54) is 5.56 Å². The van der Waals surface area contributed by atoms with Crippen molar-refractivity contribution in [2.75, 3.05) is 13.3 Å². The van der Waals surface area contributed by atoms with E-state index in [1.54, 1.807) is 0 Å². The summed E-state index contributed by atoms with van der Waals surface area (Å²) in [6.45, 7) is 3.30. The molecule has 1 aliphatic rings. The summed E-state index contributed by atoms with van der Waals surface area (Å²) < 4.78 is 16.8. The molecule has 1 aliphatic heterocycles. The fourth-order valence-corrected chi connectivity index (χ4v) is 3.54. The van der Waals surface area contributed by atoms with Crippen LogP contribution >= 0.6 is 0 Å². The number of rotatable bonds is 9. The Balaban J connectivity index is 1.32. The van der Waals surface area contributed by atoms with E-state index >= 15 is 0 Å². The molecule has 0 spiro atoms. The van der Waals surface area contributed by atoms with Gasteiger partial charge in [-0.25, -0.2) is 0 Å². The van der Waals surface area contributed by atoms with Gasteiger partial charge in [-0.3, -0.25) is 0 Å². The molecule has 0 radical (unpaired) electrons. The van der Waals surface area contributed by atoms with Crippen molar-refractivity contribution >= 4 is 0 Å². The highest BCUT2D eigenvalue weighted by molar-refractivity contribution is 5.44. The van der Waals surface area contributed by atoms with E-state index in [4.69, 9.17) is 14.2 Å². The maximum absolute atomic E-state index is 10.8. The Labute approximate surface area is 177 Å². The zero-order valence-electron chi connectivity index (χ0n) is 17.1. The van der Waals surface area contributed by atoms with Gasteiger partial charge < -0.3 is 24.6 Å². The van der Waals surface area contributed by atoms with Crippen molar-refractivity contribution in [3.8, 4) is 17.2 Å². The average molecular weight is 405 g/mol. The largest absolute Gasteiger partial charge is 0.489 e. The summed E-state index contributed by atoms with van der Waals surface area (Å²) >= 11 is 0. The zero-order valence-corrected chi connectivity index (χ0v) is 17.1. The van der Waals surface area contributed by atoms with Gasteiger partial charge in [0, 0.05) is 18.2 Å². The fraction of sp³-hybridized carbons (Fsp3) is 0.280. The van der Waals surface area contributed by atoms with Gasteiger partial charge in [-0.1, -0.05) is 54.6 Å². The predicted molar refractivity (Wildman–Crippen MR) is 116 cm³/mol. The van der Waals surface area contributed by atoms with Crippen molar-refractivity contribution in [2.24, 2.45) is 0 Å². The number of nitrogens with one attached hydrogen (secondary N) is 1. The Morgan fingerprint density at radius 3 is 2.57 bits per heavy atom. The molecule has 0 saturated carbocycles. The Kier molecular flexibility index (Phi) is 6.52. The highest BCUT2D eigenvalue weighted by atomic mass is 16.7. The van der Waals surface area contributed by atoms with Crippen LogP contribution in [0.2, 0.25) is 0 Å². The highest BCUT2D eigenvalue weighted by Crippen LogP contribution is 2.33. The monoisotopic (exact) mass is 405 g/mol. The number of ether oxygens (including phenoxy) is 3. The number of aliphatic hydroxyl groups excluding tert-OH is 1. The third-order valence-corrected chi connectivity index (χ3v) is 5.15. The van der Waals surface area contributed by atoms with Crippen LogP contribution in [0.3, 0.4) is 0 Å². The molecule has 0 saturated heterocycles. The summed E-state index contributed by atoms with van der Waals surface area (Å²) in [5, 5.41) is 14.2. The molecule has 2 N–H and O–H groups in total. The van der Waals surface area contributed by atoms with Crippen LogP contribution in [0.1, 0.15) is 29.7 Å². The van der Waals surface area contributed by atoms with Gasteiger partial charge in [0.15, 0.2) is 11.5 Å². The predicted octanol–water partition coefficient (Wildman–Crippen LogP) is 4.25. The lowest BCUT2D eigenvalue weighted by Gasteiger charge is -2.20. The first-order valence-corrected chi connectivity index (χ1v) is 10.2. The van der Waals surface area contributed by atoms with Gasteiger partial charge in [0.25, 0.3) is 0 Å². The molecule has 1 heterocycles. The maximum Gasteiger partial charge on any atom is 0.231 e. The van der Waals surface area contributed by atoms with Gasteiger partial charge in [-0.15, -0.1) is 0 Å². The third-order valence-electron chi connectivity index (χ3n) is 5.15. The van der Waals surface area contributed by atoms with Crippen LogP contribution in [0, 0.1) is 0 Å². The zero-order chi connectivity index (χ0) is 20.8. The molecule has 2 unspecified atom stereocenters. The highest BCUT2D eigenvalue weighted by Gasteiger charge is 2.16. The van der Waals surface area contributed by atoms with E-state index < -0.39 is 6.10 Å². The molecular weight excluding hydrogens is 378 g/mol. The second-order valence-electron chi connectivity index (χ2n) is 7.53. The minimum atomic E-state index is -0.656. The van der Waals surface area contributed by atoms with Crippen LogP contribution in [-0.4, -0.2) is 24.5 Å². The van der Waals surface area contributed by atoms with Gasteiger partial charge in [0.2, 0.25) is 6.79 Å². The van der Waals surface area contributed by atoms with Crippen molar-refractivity contribution in [3.63, 3.8) is 0 Å². The van der Waals surface area contributed by atoms with Crippen molar-refractivity contribution in [3.05, 3.63) is 89.5 Å². The molecule has 2 atom stereocenters. The summed E-state index contributed by atoms with van der Waals surface area (Å²) in [6, 6.07) is 23.9. The number of hydrogen-bond acceptors (Lipinski definition) is 5. The van der Waals surface area contributed by atoms with Gasteiger partial charge >= 0.3 is 0 Å². The second-order valence-corrected chi connectivity index (χ2v) is 7.53. The van der Waals surface area contributed by atoms with Crippen LogP contribution < -0.4 is 19.5 Å². The van der Waals surface area contributed by atoms with Gasteiger partial charge in [-0.2, -0.15) is 0 Å². The first kappa shape index (κ1) is 20.3. The summed E-state index contributed by atoms with van der Waals surface area (Å²) in [6.07, 6.45) is 0.173. The molecule has 4 rings (SSSR count). The van der Waals surface area contributed by atoms with Crippen molar-refractivity contribution in [1.82, 2.24) is 5.32 Å². The minimum absolute atomic E-state index is 0.192. The van der Waals surface area contributed by atoms with Crippen LogP contribution in [0.5, 0.6) is 17.2 Å². The Morgan fingerprint density at radius 2 is 1.70 bits per heavy atom. The molecule has 5 heteroatoms. The van der Waals surface area contributed by atoms with Gasteiger partial charge in [0.05, 0.1) is 6.10 Å². The first-order valence-electron chi connectivity index (χ1n) is 10.2. The normalized spacial score (nSPS) is 14.3. The van der Waals surface area contributed by atoms with Gasteiger partial charge in [0.1, 0.15) is 12.4 Å². The lowest BCUT2D eigenvalue weighted by atomic mass is 10.0. The SMILES string of the molecule is CC(Cc1ccc2c(c1)OCO2)NCC(O)c1ccccc1OCc1ccccc1. The molecule has 3 aromatic carbocycles. The molecule has 0 aliphatic carbocycles. The first-order chi connectivity index (χ1) is 14.7.